The second-order valence-electron chi connectivity index (χ2n) is 3.30. The van der Waals surface area contributed by atoms with Crippen molar-refractivity contribution in [1.82, 2.24) is 0 Å². The predicted molar refractivity (Wildman–Crippen MR) is 43.9 cm³/mol. The molecule has 0 aliphatic carbocycles. The first-order valence-electron chi connectivity index (χ1n) is 4.27. The van der Waals surface area contributed by atoms with Gasteiger partial charge >= 0.3 is 0 Å². The molecule has 13 heavy (non-hydrogen) atoms. The second kappa shape index (κ2) is 4.34. The molecule has 1 fully saturated rings. The van der Waals surface area contributed by atoms with E-state index in [0.717, 1.165) is 0 Å². The van der Waals surface area contributed by atoms with Crippen LogP contribution in [-0.2, 0) is 9.47 Å². The van der Waals surface area contributed by atoms with Crippen molar-refractivity contribution in [3.8, 4) is 0 Å². The minimum atomic E-state index is -1.04. The Morgan fingerprint density at radius 3 is 2.46 bits per heavy atom. The van der Waals surface area contributed by atoms with Gasteiger partial charge < -0.3 is 24.8 Å². The van der Waals surface area contributed by atoms with Crippen molar-refractivity contribution in [2.24, 2.45) is 5.92 Å². The van der Waals surface area contributed by atoms with Crippen molar-refractivity contribution in [2.45, 2.75) is 31.5 Å². The maximum Gasteiger partial charge on any atom is 0.160 e. The molecule has 2 unspecified atom stereocenters. The first-order valence-corrected chi connectivity index (χ1v) is 4.27. The fourth-order valence-electron chi connectivity index (χ4n) is 1.51. The third kappa shape index (κ3) is 2.00. The second-order valence-corrected chi connectivity index (χ2v) is 3.30. The SMILES string of the molecule is CO[C@@H]1C(CO)O[C@@H](O)C(C)[C@H]1O. The summed E-state index contributed by atoms with van der Waals surface area (Å²) < 4.78 is 10.0. The van der Waals surface area contributed by atoms with Crippen LogP contribution in [0.1, 0.15) is 6.92 Å². The molecule has 78 valence electrons. The zero-order valence-corrected chi connectivity index (χ0v) is 7.75. The monoisotopic (exact) mass is 192 g/mol. The number of aliphatic hydroxyl groups is 3. The molecule has 5 nitrogen and oxygen atoms in total. The van der Waals surface area contributed by atoms with Crippen LogP contribution in [0.25, 0.3) is 0 Å². The molecule has 0 radical (unpaired) electrons. The molecule has 1 aliphatic rings. The van der Waals surface area contributed by atoms with Crippen molar-refractivity contribution < 1.29 is 24.8 Å². The van der Waals surface area contributed by atoms with Crippen LogP contribution in [0.2, 0.25) is 0 Å². The number of hydrogen-bond donors (Lipinski definition) is 3. The zero-order chi connectivity index (χ0) is 10.0. The highest BCUT2D eigenvalue weighted by Gasteiger charge is 2.42. The Balaban J connectivity index is 2.69. The summed E-state index contributed by atoms with van der Waals surface area (Å²) in [4.78, 5) is 0. The topological polar surface area (TPSA) is 79.2 Å². The Bertz CT molecular complexity index is 161. The van der Waals surface area contributed by atoms with Crippen LogP contribution in [-0.4, -0.2) is 53.6 Å². The molecule has 0 bridgehead atoms. The summed E-state index contributed by atoms with van der Waals surface area (Å²) in [6, 6.07) is 0. The maximum atomic E-state index is 9.63. The molecule has 1 rings (SSSR count). The van der Waals surface area contributed by atoms with Gasteiger partial charge in [0.25, 0.3) is 0 Å². The van der Waals surface area contributed by atoms with Gasteiger partial charge in [-0.05, 0) is 0 Å². The summed E-state index contributed by atoms with van der Waals surface area (Å²) in [6.07, 6.45) is -3.10. The largest absolute Gasteiger partial charge is 0.394 e. The summed E-state index contributed by atoms with van der Waals surface area (Å²) in [7, 11) is 1.43. The van der Waals surface area contributed by atoms with E-state index in [0.29, 0.717) is 0 Å². The van der Waals surface area contributed by atoms with E-state index in [1.807, 2.05) is 0 Å². The Morgan fingerprint density at radius 2 is 2.00 bits per heavy atom. The van der Waals surface area contributed by atoms with Gasteiger partial charge in [-0.1, -0.05) is 6.92 Å². The lowest BCUT2D eigenvalue weighted by atomic mass is 9.92. The van der Waals surface area contributed by atoms with E-state index in [1.165, 1.54) is 7.11 Å². The molecule has 5 atom stereocenters. The molecular weight excluding hydrogens is 176 g/mol. The molecule has 1 saturated heterocycles. The lowest BCUT2D eigenvalue weighted by molar-refractivity contribution is -0.270. The predicted octanol–water partition coefficient (Wildman–Crippen LogP) is -1.29. The van der Waals surface area contributed by atoms with Crippen LogP contribution < -0.4 is 0 Å². The van der Waals surface area contributed by atoms with Gasteiger partial charge in [0.1, 0.15) is 12.2 Å². The van der Waals surface area contributed by atoms with E-state index >= 15 is 0 Å². The van der Waals surface area contributed by atoms with Crippen LogP contribution in [0.5, 0.6) is 0 Å². The minimum absolute atomic E-state index is 0.278. The highest BCUT2D eigenvalue weighted by molar-refractivity contribution is 4.87. The Morgan fingerprint density at radius 1 is 1.38 bits per heavy atom. The maximum absolute atomic E-state index is 9.63. The Labute approximate surface area is 76.9 Å². The van der Waals surface area contributed by atoms with Crippen LogP contribution in [0.3, 0.4) is 0 Å². The summed E-state index contributed by atoms with van der Waals surface area (Å²) in [6.45, 7) is 1.38. The van der Waals surface area contributed by atoms with Gasteiger partial charge in [-0.15, -0.1) is 0 Å². The van der Waals surface area contributed by atoms with E-state index in [2.05, 4.69) is 0 Å². The third-order valence-electron chi connectivity index (χ3n) is 2.46. The quantitative estimate of drug-likeness (QED) is 0.507. The normalized spacial score (nSPS) is 46.4. The molecule has 0 spiro atoms. The van der Waals surface area contributed by atoms with Crippen molar-refractivity contribution in [3.05, 3.63) is 0 Å². The van der Waals surface area contributed by atoms with E-state index in [-0.39, 0.29) is 6.61 Å². The van der Waals surface area contributed by atoms with Gasteiger partial charge in [-0.3, -0.25) is 0 Å². The number of aliphatic hydroxyl groups excluding tert-OH is 3. The zero-order valence-electron chi connectivity index (χ0n) is 7.75. The van der Waals surface area contributed by atoms with Crippen molar-refractivity contribution in [2.75, 3.05) is 13.7 Å². The van der Waals surface area contributed by atoms with E-state index in [4.69, 9.17) is 14.6 Å². The van der Waals surface area contributed by atoms with Crippen molar-refractivity contribution in [1.29, 1.82) is 0 Å². The molecule has 0 aromatic heterocycles. The van der Waals surface area contributed by atoms with Crippen LogP contribution in [0.15, 0.2) is 0 Å². The van der Waals surface area contributed by atoms with E-state index in [1.54, 1.807) is 6.92 Å². The van der Waals surface area contributed by atoms with Crippen LogP contribution in [0, 0.1) is 5.92 Å². The number of ether oxygens (including phenoxy) is 2. The molecule has 5 heteroatoms. The van der Waals surface area contributed by atoms with Gasteiger partial charge in [0.2, 0.25) is 0 Å². The first-order chi connectivity index (χ1) is 6.11. The van der Waals surface area contributed by atoms with E-state index in [9.17, 15) is 10.2 Å². The first kappa shape index (κ1) is 10.9. The molecule has 0 saturated carbocycles. The summed E-state index contributed by atoms with van der Waals surface area (Å²) in [5, 5.41) is 27.8. The highest BCUT2D eigenvalue weighted by atomic mass is 16.6. The summed E-state index contributed by atoms with van der Waals surface area (Å²) in [5.41, 5.74) is 0. The van der Waals surface area contributed by atoms with Gasteiger partial charge in [-0.2, -0.15) is 0 Å². The Hall–Kier alpha value is -0.200. The number of hydrogen-bond acceptors (Lipinski definition) is 5. The van der Waals surface area contributed by atoms with Crippen LogP contribution in [0.4, 0.5) is 0 Å². The van der Waals surface area contributed by atoms with Gasteiger partial charge in [-0.25, -0.2) is 0 Å². The van der Waals surface area contributed by atoms with Gasteiger partial charge in [0.05, 0.1) is 12.7 Å². The summed E-state index contributed by atoms with van der Waals surface area (Å²) >= 11 is 0. The Kier molecular flexibility index (Phi) is 3.63. The average molecular weight is 192 g/mol. The van der Waals surface area contributed by atoms with Gasteiger partial charge in [0, 0.05) is 13.0 Å². The minimum Gasteiger partial charge on any atom is -0.394 e. The smallest absolute Gasteiger partial charge is 0.160 e. The highest BCUT2D eigenvalue weighted by Crippen LogP contribution is 2.25. The van der Waals surface area contributed by atoms with Crippen molar-refractivity contribution >= 4 is 0 Å². The molecule has 1 aliphatic heterocycles. The molecule has 0 aromatic rings. The number of methoxy groups -OCH3 is 1. The molecule has 0 aromatic carbocycles. The summed E-state index contributed by atoms with van der Waals surface area (Å²) in [5.74, 6) is -0.409. The molecular formula is C8H16O5. The molecule has 3 N–H and O–H groups in total. The fraction of sp³-hybridized carbons (Fsp3) is 1.00. The molecule has 1 heterocycles. The lowest BCUT2D eigenvalue weighted by Gasteiger charge is -2.40. The molecule has 0 amide bonds. The third-order valence-corrected chi connectivity index (χ3v) is 2.46. The average Bonchev–Trinajstić information content (AvgIpc) is 2.13. The standard InChI is InChI=1S/C8H16O5/c1-4-6(10)7(12-2)5(3-9)13-8(4)11/h4-11H,3H2,1-2H3/t4?,5?,6-,7-,8-/m1/s1. The van der Waals surface area contributed by atoms with Crippen molar-refractivity contribution in [3.63, 3.8) is 0 Å². The lowest BCUT2D eigenvalue weighted by Crippen LogP contribution is -2.55. The van der Waals surface area contributed by atoms with E-state index < -0.39 is 30.5 Å². The van der Waals surface area contributed by atoms with Gasteiger partial charge in [0.15, 0.2) is 6.29 Å². The fourth-order valence-corrected chi connectivity index (χ4v) is 1.51. The number of rotatable bonds is 2. The van der Waals surface area contributed by atoms with Crippen LogP contribution >= 0.6 is 0 Å².